The number of nitrogen functional groups attached to an aromatic ring is 1. The van der Waals surface area contributed by atoms with Gasteiger partial charge >= 0.3 is 0 Å². The Labute approximate surface area is 99.8 Å². The van der Waals surface area contributed by atoms with Crippen LogP contribution in [-0.4, -0.2) is 9.38 Å². The number of nitrogens with two attached hydrogens (primary N) is 1. The van der Waals surface area contributed by atoms with Crippen molar-refractivity contribution in [2.75, 3.05) is 5.73 Å². The maximum atomic E-state index is 6.04. The highest BCUT2D eigenvalue weighted by Crippen LogP contribution is 2.27. The number of furan rings is 1. The number of halogens is 1. The maximum Gasteiger partial charge on any atom is 0.139 e. The number of rotatable bonds is 1. The molecule has 0 saturated heterocycles. The first-order valence-corrected chi connectivity index (χ1v) is 5.50. The summed E-state index contributed by atoms with van der Waals surface area (Å²) in [5, 5.41) is 0. The van der Waals surface area contributed by atoms with Gasteiger partial charge in [0.1, 0.15) is 17.2 Å². The topological polar surface area (TPSA) is 56.5 Å². The van der Waals surface area contributed by atoms with Gasteiger partial charge in [-0.3, -0.25) is 4.40 Å². The van der Waals surface area contributed by atoms with Crippen molar-refractivity contribution < 1.29 is 4.42 Å². The minimum Gasteiger partial charge on any atom is -0.472 e. The lowest BCUT2D eigenvalue weighted by molar-refractivity contribution is 0.568. The van der Waals surface area contributed by atoms with Gasteiger partial charge in [0.05, 0.1) is 12.5 Å². The number of fused-ring (bicyclic) bond motifs is 1. The molecule has 0 amide bonds. The van der Waals surface area contributed by atoms with Gasteiger partial charge in [-0.2, -0.15) is 0 Å². The van der Waals surface area contributed by atoms with Gasteiger partial charge in [0.15, 0.2) is 0 Å². The molecule has 5 heteroatoms. The van der Waals surface area contributed by atoms with Crippen molar-refractivity contribution in [3.63, 3.8) is 0 Å². The van der Waals surface area contributed by atoms with E-state index in [1.54, 1.807) is 12.5 Å². The molecule has 0 spiro atoms. The van der Waals surface area contributed by atoms with Gasteiger partial charge in [-0.15, -0.1) is 0 Å². The van der Waals surface area contributed by atoms with E-state index < -0.39 is 0 Å². The van der Waals surface area contributed by atoms with Crippen molar-refractivity contribution >= 4 is 27.4 Å². The Bertz CT molecular complexity index is 643. The normalized spacial score (nSPS) is 11.1. The van der Waals surface area contributed by atoms with Crippen LogP contribution < -0.4 is 5.73 Å². The molecule has 0 atom stereocenters. The van der Waals surface area contributed by atoms with E-state index in [0.717, 1.165) is 21.4 Å². The van der Waals surface area contributed by atoms with Crippen LogP contribution in [0.2, 0.25) is 0 Å². The van der Waals surface area contributed by atoms with Crippen molar-refractivity contribution in [3.8, 4) is 11.3 Å². The Hall–Kier alpha value is -1.75. The summed E-state index contributed by atoms with van der Waals surface area (Å²) < 4.78 is 7.83. The lowest BCUT2D eigenvalue weighted by atomic mass is 10.2. The molecular weight excluding hydrogens is 270 g/mol. The molecule has 80 valence electrons. The summed E-state index contributed by atoms with van der Waals surface area (Å²) in [5.74, 6) is 0.609. The highest BCUT2D eigenvalue weighted by Gasteiger charge is 2.11. The van der Waals surface area contributed by atoms with Crippen LogP contribution in [0.4, 0.5) is 5.82 Å². The van der Waals surface area contributed by atoms with E-state index in [0.29, 0.717) is 5.82 Å². The van der Waals surface area contributed by atoms with Crippen molar-refractivity contribution in [3.05, 3.63) is 41.4 Å². The summed E-state index contributed by atoms with van der Waals surface area (Å²) in [6.07, 6.45) is 5.13. The number of anilines is 1. The van der Waals surface area contributed by atoms with Crippen LogP contribution in [0, 0.1) is 0 Å². The van der Waals surface area contributed by atoms with E-state index in [4.69, 9.17) is 10.2 Å². The summed E-state index contributed by atoms with van der Waals surface area (Å²) in [7, 11) is 0. The Morgan fingerprint density at radius 2 is 2.19 bits per heavy atom. The third-order valence-electron chi connectivity index (χ3n) is 2.41. The van der Waals surface area contributed by atoms with Crippen LogP contribution in [0.3, 0.4) is 0 Å². The van der Waals surface area contributed by atoms with E-state index in [1.807, 2.05) is 28.8 Å². The zero-order chi connectivity index (χ0) is 11.1. The average Bonchev–Trinajstić information content (AvgIpc) is 2.87. The molecule has 2 N–H and O–H groups in total. The molecule has 0 bridgehead atoms. The summed E-state index contributed by atoms with van der Waals surface area (Å²) in [5.41, 5.74) is 8.48. The average molecular weight is 278 g/mol. The third-order valence-corrected chi connectivity index (χ3v) is 2.88. The second-order valence-electron chi connectivity index (χ2n) is 3.43. The first-order chi connectivity index (χ1) is 7.75. The van der Waals surface area contributed by atoms with E-state index in [2.05, 4.69) is 20.9 Å². The SMILES string of the molecule is Nc1c(-c2ccoc2)nc2ccc(Br)cn12. The maximum absolute atomic E-state index is 6.04. The monoisotopic (exact) mass is 277 g/mol. The predicted molar refractivity (Wildman–Crippen MR) is 65.0 cm³/mol. The molecule has 0 unspecified atom stereocenters. The molecule has 4 nitrogen and oxygen atoms in total. The van der Waals surface area contributed by atoms with Crippen LogP contribution in [-0.2, 0) is 0 Å². The van der Waals surface area contributed by atoms with Gasteiger partial charge in [-0.05, 0) is 34.1 Å². The Kier molecular flexibility index (Phi) is 2.00. The minimum atomic E-state index is 0.609. The number of pyridine rings is 1. The lowest BCUT2D eigenvalue weighted by Gasteiger charge is -1.97. The molecule has 0 aliphatic heterocycles. The van der Waals surface area contributed by atoms with Crippen molar-refractivity contribution in [2.45, 2.75) is 0 Å². The highest BCUT2D eigenvalue weighted by molar-refractivity contribution is 9.10. The molecular formula is C11H8BrN3O. The second-order valence-corrected chi connectivity index (χ2v) is 4.35. The Morgan fingerprint density at radius 3 is 2.94 bits per heavy atom. The third kappa shape index (κ3) is 1.32. The molecule has 3 aromatic heterocycles. The van der Waals surface area contributed by atoms with Gasteiger partial charge in [-0.25, -0.2) is 4.98 Å². The van der Waals surface area contributed by atoms with Gasteiger partial charge in [0.25, 0.3) is 0 Å². The minimum absolute atomic E-state index is 0.609. The zero-order valence-corrected chi connectivity index (χ0v) is 9.81. The smallest absolute Gasteiger partial charge is 0.139 e. The molecule has 0 aliphatic carbocycles. The van der Waals surface area contributed by atoms with Gasteiger partial charge < -0.3 is 10.2 Å². The molecule has 0 fully saturated rings. The fourth-order valence-electron chi connectivity index (χ4n) is 1.65. The molecule has 3 aromatic rings. The van der Waals surface area contributed by atoms with E-state index in [9.17, 15) is 0 Å². The molecule has 0 aliphatic rings. The van der Waals surface area contributed by atoms with Gasteiger partial charge in [0, 0.05) is 16.2 Å². The number of imidazole rings is 1. The molecule has 3 heterocycles. The number of hydrogen-bond donors (Lipinski definition) is 1. The largest absolute Gasteiger partial charge is 0.472 e. The van der Waals surface area contributed by atoms with Crippen LogP contribution in [0.15, 0.2) is 45.8 Å². The molecule has 0 saturated carbocycles. The van der Waals surface area contributed by atoms with Crippen LogP contribution in [0.25, 0.3) is 16.9 Å². The predicted octanol–water partition coefficient (Wildman–Crippen LogP) is 2.94. The quantitative estimate of drug-likeness (QED) is 0.744. The van der Waals surface area contributed by atoms with Crippen LogP contribution >= 0.6 is 15.9 Å². The first-order valence-electron chi connectivity index (χ1n) is 4.71. The van der Waals surface area contributed by atoms with Crippen LogP contribution in [0.1, 0.15) is 0 Å². The lowest BCUT2D eigenvalue weighted by Crippen LogP contribution is -1.93. The Morgan fingerprint density at radius 1 is 1.31 bits per heavy atom. The number of nitrogens with zero attached hydrogens (tertiary/aromatic N) is 2. The summed E-state index contributed by atoms with van der Waals surface area (Å²) in [6, 6.07) is 5.68. The summed E-state index contributed by atoms with van der Waals surface area (Å²) >= 11 is 3.40. The van der Waals surface area contributed by atoms with E-state index >= 15 is 0 Å². The second kappa shape index (κ2) is 3.38. The van der Waals surface area contributed by atoms with Crippen molar-refractivity contribution in [1.82, 2.24) is 9.38 Å². The molecule has 16 heavy (non-hydrogen) atoms. The van der Waals surface area contributed by atoms with E-state index in [-0.39, 0.29) is 0 Å². The summed E-state index contributed by atoms with van der Waals surface area (Å²) in [6.45, 7) is 0. The highest BCUT2D eigenvalue weighted by atomic mass is 79.9. The summed E-state index contributed by atoms with van der Waals surface area (Å²) in [4.78, 5) is 4.45. The van der Waals surface area contributed by atoms with Crippen molar-refractivity contribution in [1.29, 1.82) is 0 Å². The Balaban J connectivity index is 2.32. The number of hydrogen-bond acceptors (Lipinski definition) is 3. The number of aromatic nitrogens is 2. The van der Waals surface area contributed by atoms with Gasteiger partial charge in [0.2, 0.25) is 0 Å². The fraction of sp³-hybridized carbons (Fsp3) is 0. The molecule has 0 radical (unpaired) electrons. The van der Waals surface area contributed by atoms with E-state index in [1.165, 1.54) is 0 Å². The molecule has 3 rings (SSSR count). The first kappa shape index (κ1) is 9.47. The van der Waals surface area contributed by atoms with Crippen LogP contribution in [0.5, 0.6) is 0 Å². The standard InChI is InChI=1S/C11H8BrN3O/c12-8-1-2-9-14-10(7-3-4-16-6-7)11(13)15(9)5-8/h1-6H,13H2. The van der Waals surface area contributed by atoms with Gasteiger partial charge in [-0.1, -0.05) is 0 Å². The molecule has 0 aromatic carbocycles. The fourth-order valence-corrected chi connectivity index (χ4v) is 1.99. The zero-order valence-electron chi connectivity index (χ0n) is 8.22. The van der Waals surface area contributed by atoms with Crippen molar-refractivity contribution in [2.24, 2.45) is 0 Å².